The van der Waals surface area contributed by atoms with Crippen molar-refractivity contribution in [3.8, 4) is 0 Å². The SMILES string of the molecule is CCNCc1scc(C)c1S(=O)(=O)NCC(COC)OC. The van der Waals surface area contributed by atoms with E-state index in [4.69, 9.17) is 9.47 Å². The number of sulfonamides is 1. The molecule has 1 atom stereocenters. The summed E-state index contributed by atoms with van der Waals surface area (Å²) in [6.45, 7) is 5.67. The quantitative estimate of drug-likeness (QED) is 0.669. The van der Waals surface area contributed by atoms with Gasteiger partial charge in [0.05, 0.1) is 12.7 Å². The number of hydrogen-bond donors (Lipinski definition) is 2. The van der Waals surface area contributed by atoms with E-state index >= 15 is 0 Å². The van der Waals surface area contributed by atoms with E-state index in [0.29, 0.717) is 18.0 Å². The normalized spacial score (nSPS) is 13.5. The molecule has 0 saturated carbocycles. The first-order valence-electron chi connectivity index (χ1n) is 6.75. The van der Waals surface area contributed by atoms with E-state index in [2.05, 4.69) is 10.0 Å². The number of methoxy groups -OCH3 is 2. The lowest BCUT2D eigenvalue weighted by Gasteiger charge is -2.16. The molecule has 0 saturated heterocycles. The molecule has 0 aromatic carbocycles. The van der Waals surface area contributed by atoms with Gasteiger partial charge in [-0.05, 0) is 24.4 Å². The summed E-state index contributed by atoms with van der Waals surface area (Å²) in [7, 11) is -0.461. The van der Waals surface area contributed by atoms with Gasteiger partial charge in [0.25, 0.3) is 0 Å². The van der Waals surface area contributed by atoms with Crippen molar-refractivity contribution in [3.05, 3.63) is 15.8 Å². The Balaban J connectivity index is 2.84. The van der Waals surface area contributed by atoms with Crippen LogP contribution in [0.1, 0.15) is 17.4 Å². The summed E-state index contributed by atoms with van der Waals surface area (Å²) in [5.74, 6) is 0. The summed E-state index contributed by atoms with van der Waals surface area (Å²) in [5.41, 5.74) is 0.765. The van der Waals surface area contributed by atoms with Gasteiger partial charge in [-0.2, -0.15) is 0 Å². The summed E-state index contributed by atoms with van der Waals surface area (Å²) in [6.07, 6.45) is -0.305. The molecule has 0 aliphatic rings. The fourth-order valence-corrected chi connectivity index (χ4v) is 4.72. The third-order valence-electron chi connectivity index (χ3n) is 2.98. The van der Waals surface area contributed by atoms with Crippen molar-refractivity contribution in [1.29, 1.82) is 0 Å². The van der Waals surface area contributed by atoms with Gasteiger partial charge in [-0.3, -0.25) is 0 Å². The van der Waals surface area contributed by atoms with Crippen LogP contribution in [0.15, 0.2) is 10.3 Å². The van der Waals surface area contributed by atoms with Gasteiger partial charge in [0.15, 0.2) is 0 Å². The third-order valence-corrected chi connectivity index (χ3v) is 5.87. The molecule has 0 fully saturated rings. The van der Waals surface area contributed by atoms with Crippen LogP contribution in [0.3, 0.4) is 0 Å². The van der Waals surface area contributed by atoms with E-state index < -0.39 is 10.0 Å². The van der Waals surface area contributed by atoms with Gasteiger partial charge >= 0.3 is 0 Å². The van der Waals surface area contributed by atoms with Crippen LogP contribution in [0.25, 0.3) is 0 Å². The zero-order chi connectivity index (χ0) is 15.9. The molecule has 1 aromatic heterocycles. The molecule has 0 aliphatic carbocycles. The molecule has 1 rings (SSSR count). The number of nitrogens with one attached hydrogen (secondary N) is 2. The van der Waals surface area contributed by atoms with Crippen molar-refractivity contribution < 1.29 is 17.9 Å². The molecule has 21 heavy (non-hydrogen) atoms. The van der Waals surface area contributed by atoms with Crippen LogP contribution in [-0.4, -0.2) is 48.4 Å². The number of hydrogen-bond acceptors (Lipinski definition) is 6. The molecular formula is C13H24N2O4S2. The van der Waals surface area contributed by atoms with E-state index in [0.717, 1.165) is 17.0 Å². The highest BCUT2D eigenvalue weighted by Crippen LogP contribution is 2.26. The Labute approximate surface area is 130 Å². The Kier molecular flexibility index (Phi) is 7.78. The van der Waals surface area contributed by atoms with Crippen molar-refractivity contribution in [2.75, 3.05) is 33.9 Å². The van der Waals surface area contributed by atoms with Gasteiger partial charge in [-0.1, -0.05) is 6.92 Å². The zero-order valence-corrected chi connectivity index (χ0v) is 14.6. The van der Waals surface area contributed by atoms with Crippen LogP contribution in [-0.2, 0) is 26.0 Å². The summed E-state index contributed by atoms with van der Waals surface area (Å²) in [5, 5.41) is 5.03. The third kappa shape index (κ3) is 5.32. The molecule has 6 nitrogen and oxygen atoms in total. The number of rotatable bonds is 10. The highest BCUT2D eigenvalue weighted by Gasteiger charge is 2.23. The van der Waals surface area contributed by atoms with E-state index in [1.54, 1.807) is 7.11 Å². The minimum Gasteiger partial charge on any atom is -0.382 e. The van der Waals surface area contributed by atoms with Crippen LogP contribution in [0, 0.1) is 6.92 Å². The maximum atomic E-state index is 12.5. The summed E-state index contributed by atoms with van der Waals surface area (Å²) < 4.78 is 37.7. The van der Waals surface area contributed by atoms with E-state index in [1.165, 1.54) is 18.4 Å². The van der Waals surface area contributed by atoms with Crippen molar-refractivity contribution in [2.24, 2.45) is 0 Å². The Morgan fingerprint density at radius 3 is 2.67 bits per heavy atom. The predicted molar refractivity (Wildman–Crippen MR) is 84.3 cm³/mol. The van der Waals surface area contributed by atoms with Gasteiger partial charge in [0, 0.05) is 32.2 Å². The zero-order valence-electron chi connectivity index (χ0n) is 12.9. The second kappa shape index (κ2) is 8.82. The first-order valence-corrected chi connectivity index (χ1v) is 9.11. The molecular weight excluding hydrogens is 312 g/mol. The lowest BCUT2D eigenvalue weighted by Crippen LogP contribution is -2.36. The van der Waals surface area contributed by atoms with E-state index in [1.807, 2.05) is 19.2 Å². The molecule has 0 bridgehead atoms. The number of ether oxygens (including phenoxy) is 2. The lowest BCUT2D eigenvalue weighted by molar-refractivity contribution is 0.0320. The molecule has 2 N–H and O–H groups in total. The van der Waals surface area contributed by atoms with Crippen molar-refractivity contribution in [3.63, 3.8) is 0 Å². The first-order chi connectivity index (χ1) is 9.96. The molecule has 1 aromatic rings. The monoisotopic (exact) mass is 336 g/mol. The standard InChI is InChI=1S/C13H24N2O4S2/c1-5-14-7-12-13(10(2)9-20-12)21(16,17)15-6-11(19-4)8-18-3/h9,11,14-15H,5-8H2,1-4H3. The molecule has 1 unspecified atom stereocenters. The Hall–Kier alpha value is -0.510. The summed E-state index contributed by atoms with van der Waals surface area (Å²) >= 11 is 1.46. The molecule has 0 aliphatic heterocycles. The maximum Gasteiger partial charge on any atom is 0.242 e. The summed E-state index contributed by atoms with van der Waals surface area (Å²) in [4.78, 5) is 1.20. The molecule has 0 radical (unpaired) electrons. The lowest BCUT2D eigenvalue weighted by atomic mass is 10.3. The number of aryl methyl sites for hydroxylation is 1. The van der Waals surface area contributed by atoms with Gasteiger partial charge in [-0.15, -0.1) is 11.3 Å². The second-order valence-corrected chi connectivity index (χ2v) is 7.28. The minimum absolute atomic E-state index is 0.183. The highest BCUT2D eigenvalue weighted by atomic mass is 32.2. The average Bonchev–Trinajstić information content (AvgIpc) is 2.83. The highest BCUT2D eigenvalue weighted by molar-refractivity contribution is 7.89. The predicted octanol–water partition coefficient (Wildman–Crippen LogP) is 1.11. The second-order valence-electron chi connectivity index (χ2n) is 4.62. The van der Waals surface area contributed by atoms with Gasteiger partial charge in [0.2, 0.25) is 10.0 Å². The first kappa shape index (κ1) is 18.5. The van der Waals surface area contributed by atoms with Gasteiger partial charge < -0.3 is 14.8 Å². The summed E-state index contributed by atoms with van der Waals surface area (Å²) in [6, 6.07) is 0. The van der Waals surface area contributed by atoms with Crippen LogP contribution < -0.4 is 10.0 Å². The Bertz CT molecular complexity index is 528. The molecule has 0 spiro atoms. The van der Waals surface area contributed by atoms with Crippen LogP contribution in [0.4, 0.5) is 0 Å². The topological polar surface area (TPSA) is 76.7 Å². The smallest absolute Gasteiger partial charge is 0.242 e. The minimum atomic E-state index is -3.55. The Morgan fingerprint density at radius 1 is 1.38 bits per heavy atom. The van der Waals surface area contributed by atoms with E-state index in [9.17, 15) is 8.42 Å². The Morgan fingerprint density at radius 2 is 2.10 bits per heavy atom. The fraction of sp³-hybridized carbons (Fsp3) is 0.692. The fourth-order valence-electron chi connectivity index (χ4n) is 1.88. The largest absolute Gasteiger partial charge is 0.382 e. The molecule has 122 valence electrons. The van der Waals surface area contributed by atoms with Crippen molar-refractivity contribution in [2.45, 2.75) is 31.4 Å². The van der Waals surface area contributed by atoms with Crippen LogP contribution in [0.2, 0.25) is 0 Å². The molecule has 1 heterocycles. The molecule has 0 amide bonds. The number of thiophene rings is 1. The van der Waals surface area contributed by atoms with Gasteiger partial charge in [0.1, 0.15) is 4.90 Å². The van der Waals surface area contributed by atoms with Crippen LogP contribution >= 0.6 is 11.3 Å². The van der Waals surface area contributed by atoms with E-state index in [-0.39, 0.29) is 12.6 Å². The van der Waals surface area contributed by atoms with Crippen LogP contribution in [0.5, 0.6) is 0 Å². The van der Waals surface area contributed by atoms with Crippen molar-refractivity contribution >= 4 is 21.4 Å². The maximum absolute atomic E-state index is 12.5. The average molecular weight is 336 g/mol. The van der Waals surface area contributed by atoms with Crippen molar-refractivity contribution in [1.82, 2.24) is 10.0 Å². The molecule has 8 heteroatoms. The van der Waals surface area contributed by atoms with Gasteiger partial charge in [-0.25, -0.2) is 13.1 Å².